The van der Waals surface area contributed by atoms with E-state index in [1.54, 1.807) is 0 Å². The van der Waals surface area contributed by atoms with Gasteiger partial charge in [-0.2, -0.15) is 13.2 Å². The van der Waals surface area contributed by atoms with Crippen molar-refractivity contribution < 1.29 is 17.6 Å². The number of hydrogen-bond acceptors (Lipinski definition) is 1. The maximum Gasteiger partial charge on any atom is 0.416 e. The third-order valence-corrected chi connectivity index (χ3v) is 3.42. The zero-order chi connectivity index (χ0) is 14.6. The van der Waals surface area contributed by atoms with Gasteiger partial charge in [-0.25, -0.2) is 4.39 Å². The van der Waals surface area contributed by atoms with Crippen molar-refractivity contribution in [1.82, 2.24) is 5.32 Å². The zero-order valence-corrected chi connectivity index (χ0v) is 11.0. The summed E-state index contributed by atoms with van der Waals surface area (Å²) in [5, 5.41) is 3.11. The normalized spacial score (nSPS) is 19.3. The van der Waals surface area contributed by atoms with Crippen LogP contribution in [-0.4, -0.2) is 6.54 Å². The first-order chi connectivity index (χ1) is 9.45. The molecule has 0 saturated carbocycles. The van der Waals surface area contributed by atoms with Crippen LogP contribution in [0.25, 0.3) is 0 Å². The van der Waals surface area contributed by atoms with E-state index in [0.717, 1.165) is 37.9 Å². The molecule has 0 aromatic heterocycles. The van der Waals surface area contributed by atoms with Crippen LogP contribution in [0, 0.1) is 11.7 Å². The molecule has 0 fully saturated rings. The predicted molar refractivity (Wildman–Crippen MR) is 69.6 cm³/mol. The Labute approximate surface area is 115 Å². The van der Waals surface area contributed by atoms with Gasteiger partial charge in [0, 0.05) is 6.54 Å². The second kappa shape index (κ2) is 6.39. The number of benzene rings is 1. The van der Waals surface area contributed by atoms with E-state index in [1.807, 2.05) is 0 Å². The average Bonchev–Trinajstić information content (AvgIpc) is 2.38. The van der Waals surface area contributed by atoms with Crippen LogP contribution in [0.4, 0.5) is 17.6 Å². The van der Waals surface area contributed by atoms with Crippen molar-refractivity contribution in [2.24, 2.45) is 5.92 Å². The predicted octanol–water partition coefficient (Wildman–Crippen LogP) is 4.29. The Morgan fingerprint density at radius 3 is 2.60 bits per heavy atom. The molecule has 0 amide bonds. The van der Waals surface area contributed by atoms with E-state index >= 15 is 0 Å². The summed E-state index contributed by atoms with van der Waals surface area (Å²) in [7, 11) is 0. The number of allylic oxidation sites excluding steroid dienone is 2. The van der Waals surface area contributed by atoms with Crippen LogP contribution in [0.2, 0.25) is 0 Å². The fourth-order valence-electron chi connectivity index (χ4n) is 2.38. The van der Waals surface area contributed by atoms with Crippen LogP contribution in [-0.2, 0) is 12.7 Å². The summed E-state index contributed by atoms with van der Waals surface area (Å²) in [4.78, 5) is 0. The van der Waals surface area contributed by atoms with Gasteiger partial charge >= 0.3 is 6.18 Å². The first-order valence-electron chi connectivity index (χ1n) is 6.67. The van der Waals surface area contributed by atoms with Gasteiger partial charge in [-0.1, -0.05) is 12.2 Å². The molecule has 0 heterocycles. The van der Waals surface area contributed by atoms with Crippen LogP contribution in [0.1, 0.15) is 30.4 Å². The summed E-state index contributed by atoms with van der Waals surface area (Å²) < 4.78 is 50.9. The van der Waals surface area contributed by atoms with E-state index < -0.39 is 17.6 Å². The molecule has 0 radical (unpaired) electrons. The highest BCUT2D eigenvalue weighted by Crippen LogP contribution is 2.30. The number of alkyl halides is 3. The molecule has 0 spiro atoms. The van der Waals surface area contributed by atoms with E-state index in [2.05, 4.69) is 17.5 Å². The first-order valence-corrected chi connectivity index (χ1v) is 6.67. The fourth-order valence-corrected chi connectivity index (χ4v) is 2.38. The zero-order valence-electron chi connectivity index (χ0n) is 11.0. The van der Waals surface area contributed by atoms with E-state index in [1.165, 1.54) is 0 Å². The topological polar surface area (TPSA) is 12.0 Å². The van der Waals surface area contributed by atoms with Crippen LogP contribution in [0.15, 0.2) is 30.4 Å². The Morgan fingerprint density at radius 1 is 1.15 bits per heavy atom. The fraction of sp³-hybridized carbons (Fsp3) is 0.467. The van der Waals surface area contributed by atoms with Gasteiger partial charge in [0.1, 0.15) is 5.82 Å². The minimum absolute atomic E-state index is 0.251. The summed E-state index contributed by atoms with van der Waals surface area (Å²) in [6.07, 6.45) is 2.87. The van der Waals surface area contributed by atoms with Crippen LogP contribution in [0.3, 0.4) is 0 Å². The van der Waals surface area contributed by atoms with Gasteiger partial charge < -0.3 is 5.32 Å². The van der Waals surface area contributed by atoms with Crippen molar-refractivity contribution in [2.75, 3.05) is 6.54 Å². The Bertz CT molecular complexity index is 479. The number of halogens is 4. The van der Waals surface area contributed by atoms with Gasteiger partial charge in [0.25, 0.3) is 0 Å². The standard InChI is InChI=1S/C15H17F4N/c16-14-7-12(6-13(8-14)15(17,18)19)10-20-9-11-4-2-1-3-5-11/h1-2,6-8,11,20H,3-5,9-10H2. The van der Waals surface area contributed by atoms with E-state index in [9.17, 15) is 17.6 Å². The molecule has 1 aliphatic rings. The van der Waals surface area contributed by atoms with Gasteiger partial charge in [-0.3, -0.25) is 0 Å². The van der Waals surface area contributed by atoms with Gasteiger partial charge in [-0.05, 0) is 55.5 Å². The number of rotatable bonds is 4. The van der Waals surface area contributed by atoms with Crippen molar-refractivity contribution in [1.29, 1.82) is 0 Å². The highest BCUT2D eigenvalue weighted by atomic mass is 19.4. The Kier molecular flexibility index (Phi) is 4.81. The third-order valence-electron chi connectivity index (χ3n) is 3.42. The Hall–Kier alpha value is -1.36. The molecule has 1 N–H and O–H groups in total. The summed E-state index contributed by atoms with van der Waals surface area (Å²) in [5.41, 5.74) is -0.612. The van der Waals surface area contributed by atoms with Crippen molar-refractivity contribution >= 4 is 0 Å². The minimum atomic E-state index is -4.51. The quantitative estimate of drug-likeness (QED) is 0.643. The summed E-state index contributed by atoms with van der Waals surface area (Å²) in [6, 6.07) is 2.66. The first kappa shape index (κ1) is 15.0. The molecule has 1 atom stereocenters. The molecule has 1 aromatic carbocycles. The lowest BCUT2D eigenvalue weighted by molar-refractivity contribution is -0.137. The molecule has 1 aliphatic carbocycles. The molecule has 20 heavy (non-hydrogen) atoms. The van der Waals surface area contributed by atoms with Crippen LogP contribution >= 0.6 is 0 Å². The van der Waals surface area contributed by atoms with Crippen molar-refractivity contribution in [3.05, 3.63) is 47.3 Å². The molecular formula is C15H17F4N. The van der Waals surface area contributed by atoms with Crippen LogP contribution in [0.5, 0.6) is 0 Å². The van der Waals surface area contributed by atoms with Gasteiger partial charge in [0.05, 0.1) is 5.56 Å². The average molecular weight is 287 g/mol. The Balaban J connectivity index is 1.92. The maximum atomic E-state index is 13.2. The summed E-state index contributed by atoms with van der Waals surface area (Å²) in [6.45, 7) is 0.989. The molecule has 1 unspecified atom stereocenters. The van der Waals surface area contributed by atoms with Crippen LogP contribution < -0.4 is 5.32 Å². The Morgan fingerprint density at radius 2 is 1.95 bits per heavy atom. The lowest BCUT2D eigenvalue weighted by Gasteiger charge is -2.18. The molecule has 2 rings (SSSR count). The summed E-state index contributed by atoms with van der Waals surface area (Å²) in [5.74, 6) is -0.340. The van der Waals surface area contributed by atoms with Gasteiger partial charge in [0.15, 0.2) is 0 Å². The molecule has 1 aromatic rings. The second-order valence-corrected chi connectivity index (χ2v) is 5.13. The molecule has 110 valence electrons. The second-order valence-electron chi connectivity index (χ2n) is 5.13. The highest BCUT2D eigenvalue weighted by Gasteiger charge is 2.31. The van der Waals surface area contributed by atoms with Gasteiger partial charge in [0.2, 0.25) is 0 Å². The SMILES string of the molecule is Fc1cc(CNCC2CC=CCC2)cc(C(F)(F)F)c1. The maximum absolute atomic E-state index is 13.2. The van der Waals surface area contributed by atoms with Crippen molar-refractivity contribution in [2.45, 2.75) is 32.0 Å². The molecule has 0 saturated heterocycles. The molecule has 1 nitrogen and oxygen atoms in total. The third kappa shape index (κ3) is 4.34. The van der Waals surface area contributed by atoms with E-state index in [-0.39, 0.29) is 6.54 Å². The lowest BCUT2D eigenvalue weighted by Crippen LogP contribution is -2.23. The van der Waals surface area contributed by atoms with Crippen molar-refractivity contribution in [3.63, 3.8) is 0 Å². The van der Waals surface area contributed by atoms with E-state index in [4.69, 9.17) is 0 Å². The highest BCUT2D eigenvalue weighted by molar-refractivity contribution is 5.26. The van der Waals surface area contributed by atoms with E-state index in [0.29, 0.717) is 17.5 Å². The number of nitrogens with one attached hydrogen (secondary N) is 1. The molecule has 5 heteroatoms. The molecule has 0 aliphatic heterocycles. The van der Waals surface area contributed by atoms with Gasteiger partial charge in [-0.15, -0.1) is 0 Å². The molecular weight excluding hydrogens is 270 g/mol. The lowest BCUT2D eigenvalue weighted by atomic mass is 9.94. The smallest absolute Gasteiger partial charge is 0.312 e. The summed E-state index contributed by atoms with van der Waals surface area (Å²) >= 11 is 0. The largest absolute Gasteiger partial charge is 0.416 e. The number of hydrogen-bond donors (Lipinski definition) is 1. The monoisotopic (exact) mass is 287 g/mol. The molecule has 0 bridgehead atoms. The minimum Gasteiger partial charge on any atom is -0.312 e. The van der Waals surface area contributed by atoms with Crippen molar-refractivity contribution in [3.8, 4) is 0 Å².